The molecule has 0 spiro atoms. The monoisotopic (exact) mass is 257 g/mol. The molecule has 1 amide bonds. The van der Waals surface area contributed by atoms with E-state index in [-0.39, 0.29) is 13.1 Å². The lowest BCUT2D eigenvalue weighted by molar-refractivity contribution is 0.0962. The molecule has 98 valence electrons. The number of rotatable bonds is 1. The first-order valence-corrected chi connectivity index (χ1v) is 5.59. The normalized spacial score (nSPS) is 24.0. The van der Waals surface area contributed by atoms with Crippen LogP contribution < -0.4 is 0 Å². The van der Waals surface area contributed by atoms with Crippen LogP contribution in [-0.2, 0) is 0 Å². The fourth-order valence-electron chi connectivity index (χ4n) is 2.21. The molecule has 4 nitrogen and oxygen atoms in total. The second-order valence-electron chi connectivity index (χ2n) is 4.35. The Labute approximate surface area is 102 Å². The van der Waals surface area contributed by atoms with Crippen molar-refractivity contribution >= 4 is 6.09 Å². The van der Waals surface area contributed by atoms with Gasteiger partial charge in [0.1, 0.15) is 6.17 Å². The Hall–Kier alpha value is -1.85. The van der Waals surface area contributed by atoms with Crippen molar-refractivity contribution in [2.24, 2.45) is 0 Å². The zero-order valence-corrected chi connectivity index (χ0v) is 9.51. The summed E-state index contributed by atoms with van der Waals surface area (Å²) in [5.74, 6) is -1.80. The van der Waals surface area contributed by atoms with E-state index in [4.69, 9.17) is 10.2 Å². The van der Waals surface area contributed by atoms with Crippen LogP contribution in [0.25, 0.3) is 0 Å². The number of carbonyl (C=O) groups is 1. The largest absolute Gasteiger partial charge is 0.505 e. The van der Waals surface area contributed by atoms with Gasteiger partial charge >= 0.3 is 6.09 Å². The number of aromatic hydroxyl groups is 1. The molecule has 0 aliphatic carbocycles. The van der Waals surface area contributed by atoms with E-state index in [1.807, 2.05) is 0 Å². The Bertz CT molecular complexity index is 467. The molecule has 1 aromatic rings. The number of halogens is 2. The zero-order valence-electron chi connectivity index (χ0n) is 9.51. The van der Waals surface area contributed by atoms with Crippen molar-refractivity contribution in [3.05, 3.63) is 29.6 Å². The van der Waals surface area contributed by atoms with E-state index in [9.17, 15) is 13.6 Å². The lowest BCUT2D eigenvalue weighted by Gasteiger charge is -2.33. The molecule has 0 radical (unpaired) electrons. The first-order valence-electron chi connectivity index (χ1n) is 5.59. The van der Waals surface area contributed by atoms with E-state index < -0.39 is 29.7 Å². The van der Waals surface area contributed by atoms with Gasteiger partial charge in [-0.15, -0.1) is 0 Å². The Morgan fingerprint density at radius 1 is 1.44 bits per heavy atom. The average molecular weight is 257 g/mol. The molecule has 2 N–H and O–H groups in total. The summed E-state index contributed by atoms with van der Waals surface area (Å²) in [6.07, 6.45) is -2.20. The third-order valence-electron chi connectivity index (χ3n) is 3.21. The molecule has 0 saturated carbocycles. The Morgan fingerprint density at radius 3 is 2.72 bits per heavy atom. The van der Waals surface area contributed by atoms with E-state index in [0.717, 1.165) is 11.0 Å². The summed E-state index contributed by atoms with van der Waals surface area (Å²) in [6, 6.07) is 3.75. The number of hydrogen-bond donors (Lipinski definition) is 2. The van der Waals surface area contributed by atoms with Crippen LogP contribution in [0.15, 0.2) is 18.2 Å². The molecule has 1 heterocycles. The van der Waals surface area contributed by atoms with Gasteiger partial charge in [0.2, 0.25) is 0 Å². The number of amides is 1. The molecule has 6 heteroatoms. The number of hydrogen-bond acceptors (Lipinski definition) is 2. The summed E-state index contributed by atoms with van der Waals surface area (Å²) in [5.41, 5.74) is 0.447. The molecular formula is C12H13F2NO3. The van der Waals surface area contributed by atoms with E-state index in [1.165, 1.54) is 12.1 Å². The van der Waals surface area contributed by atoms with Crippen molar-refractivity contribution < 1.29 is 23.8 Å². The molecule has 1 aliphatic heterocycles. The number of likely N-dealkylation sites (tertiary alicyclic amines) is 1. The van der Waals surface area contributed by atoms with Crippen molar-refractivity contribution in [3.8, 4) is 5.75 Å². The van der Waals surface area contributed by atoms with Gasteiger partial charge in [-0.2, -0.15) is 0 Å². The van der Waals surface area contributed by atoms with Crippen LogP contribution in [0.5, 0.6) is 5.75 Å². The van der Waals surface area contributed by atoms with Gasteiger partial charge in [-0.1, -0.05) is 6.07 Å². The van der Waals surface area contributed by atoms with Crippen molar-refractivity contribution in [1.29, 1.82) is 0 Å². The van der Waals surface area contributed by atoms with Crippen molar-refractivity contribution in [2.75, 3.05) is 13.1 Å². The average Bonchev–Trinajstić information content (AvgIpc) is 2.32. The molecular weight excluding hydrogens is 244 g/mol. The minimum absolute atomic E-state index is 0.206. The van der Waals surface area contributed by atoms with Crippen molar-refractivity contribution in [3.63, 3.8) is 0 Å². The third-order valence-corrected chi connectivity index (χ3v) is 3.21. The van der Waals surface area contributed by atoms with Crippen LogP contribution in [0.2, 0.25) is 0 Å². The predicted molar refractivity (Wildman–Crippen MR) is 59.9 cm³/mol. The lowest BCUT2D eigenvalue weighted by atomic mass is 9.88. The number of alkyl halides is 1. The Kier molecular flexibility index (Phi) is 3.36. The highest BCUT2D eigenvalue weighted by Gasteiger charge is 2.32. The molecule has 2 atom stereocenters. The van der Waals surface area contributed by atoms with E-state index in [2.05, 4.69) is 0 Å². The summed E-state index contributed by atoms with van der Waals surface area (Å²) in [4.78, 5) is 11.7. The number of phenolic OH excluding ortho intramolecular Hbond substituents is 1. The molecule has 0 aromatic heterocycles. The lowest BCUT2D eigenvalue weighted by Crippen LogP contribution is -2.43. The van der Waals surface area contributed by atoms with Gasteiger partial charge < -0.3 is 15.1 Å². The topological polar surface area (TPSA) is 60.8 Å². The maximum Gasteiger partial charge on any atom is 0.407 e. The molecule has 18 heavy (non-hydrogen) atoms. The molecule has 1 aromatic carbocycles. The van der Waals surface area contributed by atoms with Crippen molar-refractivity contribution in [1.82, 2.24) is 4.90 Å². The van der Waals surface area contributed by atoms with E-state index >= 15 is 0 Å². The summed E-state index contributed by atoms with van der Waals surface area (Å²) in [6.45, 7) is 0.0193. The maximum absolute atomic E-state index is 13.9. The molecule has 2 unspecified atom stereocenters. The number of benzene rings is 1. The third kappa shape index (κ3) is 2.37. The molecule has 1 aliphatic rings. The molecule has 0 bridgehead atoms. The first kappa shape index (κ1) is 12.6. The summed E-state index contributed by atoms with van der Waals surface area (Å²) < 4.78 is 27.1. The van der Waals surface area contributed by atoms with Crippen LogP contribution in [0.1, 0.15) is 17.9 Å². The van der Waals surface area contributed by atoms with Crippen molar-refractivity contribution in [2.45, 2.75) is 18.5 Å². The molecule has 2 rings (SSSR count). The number of phenols is 1. The number of piperidine rings is 1. The zero-order chi connectivity index (χ0) is 13.3. The summed E-state index contributed by atoms with van der Waals surface area (Å²) >= 11 is 0. The fourth-order valence-corrected chi connectivity index (χ4v) is 2.21. The predicted octanol–water partition coefficient (Wildman–Crippen LogP) is 2.34. The highest BCUT2D eigenvalue weighted by Crippen LogP contribution is 2.32. The minimum atomic E-state index is -1.36. The van der Waals surface area contributed by atoms with Crippen LogP contribution >= 0.6 is 0 Å². The smallest absolute Gasteiger partial charge is 0.407 e. The SMILES string of the molecule is O=C(O)N1CCC(c2ccc(O)c(F)c2)C(F)C1. The summed E-state index contributed by atoms with van der Waals surface area (Å²) in [7, 11) is 0. The number of carboxylic acid groups (broad SMARTS) is 1. The maximum atomic E-state index is 13.9. The second-order valence-corrected chi connectivity index (χ2v) is 4.35. The number of nitrogens with zero attached hydrogens (tertiary/aromatic N) is 1. The highest BCUT2D eigenvalue weighted by molar-refractivity contribution is 5.65. The summed E-state index contributed by atoms with van der Waals surface area (Å²) in [5, 5.41) is 17.8. The Morgan fingerprint density at radius 2 is 2.17 bits per heavy atom. The van der Waals surface area contributed by atoms with Gasteiger partial charge in [0, 0.05) is 12.5 Å². The van der Waals surface area contributed by atoms with Gasteiger partial charge in [-0.25, -0.2) is 13.6 Å². The van der Waals surface area contributed by atoms with E-state index in [0.29, 0.717) is 12.0 Å². The van der Waals surface area contributed by atoms with Gasteiger partial charge in [-0.05, 0) is 24.1 Å². The second kappa shape index (κ2) is 4.80. The molecule has 1 fully saturated rings. The van der Waals surface area contributed by atoms with Gasteiger partial charge in [-0.3, -0.25) is 0 Å². The first-order chi connectivity index (χ1) is 8.49. The van der Waals surface area contributed by atoms with Gasteiger partial charge in [0.05, 0.1) is 6.54 Å². The molecule has 1 saturated heterocycles. The minimum Gasteiger partial charge on any atom is -0.505 e. The van der Waals surface area contributed by atoms with Crippen LogP contribution in [-0.4, -0.2) is 40.5 Å². The Balaban J connectivity index is 2.15. The van der Waals surface area contributed by atoms with Gasteiger partial charge in [0.25, 0.3) is 0 Å². The standard InChI is InChI=1S/C12H13F2NO3/c13-9-5-7(1-2-11(9)16)8-3-4-15(12(17)18)6-10(8)14/h1-2,5,8,10,16H,3-4,6H2,(H,17,18). The van der Waals surface area contributed by atoms with Crippen LogP contribution in [0, 0.1) is 5.82 Å². The fraction of sp³-hybridized carbons (Fsp3) is 0.417. The van der Waals surface area contributed by atoms with E-state index in [1.54, 1.807) is 0 Å². The quantitative estimate of drug-likeness (QED) is 0.811. The van der Waals surface area contributed by atoms with Crippen LogP contribution in [0.3, 0.4) is 0 Å². The van der Waals surface area contributed by atoms with Crippen LogP contribution in [0.4, 0.5) is 13.6 Å². The highest BCUT2D eigenvalue weighted by atomic mass is 19.1. The van der Waals surface area contributed by atoms with Gasteiger partial charge in [0.15, 0.2) is 11.6 Å².